The van der Waals surface area contributed by atoms with Crippen molar-refractivity contribution in [3.05, 3.63) is 24.3 Å². The van der Waals surface area contributed by atoms with Gasteiger partial charge in [-0.1, -0.05) is 6.07 Å². The van der Waals surface area contributed by atoms with Crippen molar-refractivity contribution >= 4 is 11.6 Å². The van der Waals surface area contributed by atoms with E-state index in [-0.39, 0.29) is 11.9 Å². The molecule has 1 heterocycles. The molecule has 1 amide bonds. The van der Waals surface area contributed by atoms with Gasteiger partial charge >= 0.3 is 0 Å². The van der Waals surface area contributed by atoms with Gasteiger partial charge in [-0.15, -0.1) is 0 Å². The number of ether oxygens (including phenoxy) is 1. The van der Waals surface area contributed by atoms with Crippen molar-refractivity contribution in [2.45, 2.75) is 31.7 Å². The van der Waals surface area contributed by atoms with E-state index in [9.17, 15) is 4.79 Å². The molecule has 1 unspecified atom stereocenters. The summed E-state index contributed by atoms with van der Waals surface area (Å²) in [6.45, 7) is 2.18. The van der Waals surface area contributed by atoms with E-state index in [1.54, 1.807) is 7.11 Å². The average Bonchev–Trinajstić information content (AvgIpc) is 2.73. The van der Waals surface area contributed by atoms with Crippen LogP contribution in [0.3, 0.4) is 0 Å². The first-order valence-corrected chi connectivity index (χ1v) is 7.64. The van der Waals surface area contributed by atoms with E-state index in [1.807, 2.05) is 24.3 Å². The first-order valence-electron chi connectivity index (χ1n) is 7.64. The van der Waals surface area contributed by atoms with Crippen LogP contribution in [0.1, 0.15) is 25.7 Å². The van der Waals surface area contributed by atoms with Crippen LogP contribution in [0.15, 0.2) is 24.3 Å². The van der Waals surface area contributed by atoms with Gasteiger partial charge < -0.3 is 20.7 Å². The van der Waals surface area contributed by atoms with Crippen molar-refractivity contribution in [3.8, 4) is 5.75 Å². The summed E-state index contributed by atoms with van der Waals surface area (Å²) < 4.78 is 5.30. The Hall–Kier alpha value is -1.75. The monoisotopic (exact) mass is 291 g/mol. The Bertz CT molecular complexity index is 465. The smallest absolute Gasteiger partial charge is 0.242 e. The van der Waals surface area contributed by atoms with Gasteiger partial charge in [-0.25, -0.2) is 0 Å². The van der Waals surface area contributed by atoms with Crippen LogP contribution in [-0.2, 0) is 4.79 Å². The molecule has 1 saturated heterocycles. The lowest BCUT2D eigenvalue weighted by Gasteiger charge is -2.32. The number of amides is 1. The number of hydrogen-bond donors (Lipinski definition) is 2. The van der Waals surface area contributed by atoms with Crippen LogP contribution in [0.2, 0.25) is 0 Å². The molecule has 0 spiro atoms. The van der Waals surface area contributed by atoms with Gasteiger partial charge in [-0.3, -0.25) is 4.79 Å². The molecule has 1 atom stereocenters. The van der Waals surface area contributed by atoms with Crippen molar-refractivity contribution in [1.82, 2.24) is 5.32 Å². The molecule has 116 valence electrons. The van der Waals surface area contributed by atoms with Crippen LogP contribution in [-0.4, -0.2) is 38.7 Å². The van der Waals surface area contributed by atoms with E-state index >= 15 is 0 Å². The minimum Gasteiger partial charge on any atom is -0.497 e. The van der Waals surface area contributed by atoms with Crippen molar-refractivity contribution in [3.63, 3.8) is 0 Å². The highest BCUT2D eigenvalue weighted by atomic mass is 16.5. The first-order chi connectivity index (χ1) is 10.3. The van der Waals surface area contributed by atoms with Gasteiger partial charge in [-0.2, -0.15) is 0 Å². The van der Waals surface area contributed by atoms with Gasteiger partial charge in [0, 0.05) is 24.8 Å². The quantitative estimate of drug-likeness (QED) is 0.834. The molecule has 5 heteroatoms. The summed E-state index contributed by atoms with van der Waals surface area (Å²) in [5.41, 5.74) is 6.67. The summed E-state index contributed by atoms with van der Waals surface area (Å²) in [6, 6.07) is 7.76. The van der Waals surface area contributed by atoms with Gasteiger partial charge in [0.05, 0.1) is 7.11 Å². The minimum absolute atomic E-state index is 0.118. The summed E-state index contributed by atoms with van der Waals surface area (Å²) in [5.74, 6) is 0.923. The number of carbonyl (C=O) groups is 1. The van der Waals surface area contributed by atoms with Crippen molar-refractivity contribution in [1.29, 1.82) is 0 Å². The van der Waals surface area contributed by atoms with Gasteiger partial charge in [0.2, 0.25) is 5.91 Å². The molecule has 0 aromatic heterocycles. The molecule has 1 aliphatic rings. The third kappa shape index (κ3) is 4.11. The summed E-state index contributed by atoms with van der Waals surface area (Å²) >= 11 is 0. The fourth-order valence-corrected chi connectivity index (χ4v) is 2.74. The standard InChI is InChI=1S/C16H25N3O2/c1-21-14-7-4-6-13(12-14)19(11-5-9-17)15-8-2-3-10-18-16(15)20/h4,6-7,12,15H,2-3,5,8-11,17H2,1H3,(H,18,20). The highest BCUT2D eigenvalue weighted by Gasteiger charge is 2.27. The predicted octanol–water partition coefficient (Wildman–Crippen LogP) is 1.52. The maximum Gasteiger partial charge on any atom is 0.242 e. The number of nitrogens with one attached hydrogen (secondary N) is 1. The van der Waals surface area contributed by atoms with E-state index in [0.717, 1.165) is 50.2 Å². The minimum atomic E-state index is -0.119. The van der Waals surface area contributed by atoms with Crippen LogP contribution < -0.4 is 20.7 Å². The van der Waals surface area contributed by atoms with Crippen LogP contribution in [0, 0.1) is 0 Å². The van der Waals surface area contributed by atoms with Gasteiger partial charge in [-0.05, 0) is 44.4 Å². The molecule has 0 saturated carbocycles. The fraction of sp³-hybridized carbons (Fsp3) is 0.562. The number of carbonyl (C=O) groups excluding carboxylic acids is 1. The molecule has 0 aliphatic carbocycles. The van der Waals surface area contributed by atoms with Gasteiger partial charge in [0.1, 0.15) is 11.8 Å². The Morgan fingerprint density at radius 2 is 2.29 bits per heavy atom. The van der Waals surface area contributed by atoms with Crippen LogP contribution in [0.5, 0.6) is 5.75 Å². The molecule has 5 nitrogen and oxygen atoms in total. The number of benzene rings is 1. The zero-order valence-electron chi connectivity index (χ0n) is 12.7. The Balaban J connectivity index is 2.25. The summed E-state index contributed by atoms with van der Waals surface area (Å²) in [5, 5.41) is 3.01. The Kier molecular flexibility index (Phi) is 5.87. The number of hydrogen-bond acceptors (Lipinski definition) is 4. The second-order valence-electron chi connectivity index (χ2n) is 5.34. The maximum atomic E-state index is 12.3. The summed E-state index contributed by atoms with van der Waals surface area (Å²) in [6.07, 6.45) is 3.85. The Labute approximate surface area is 126 Å². The molecular formula is C16H25N3O2. The Morgan fingerprint density at radius 1 is 1.43 bits per heavy atom. The maximum absolute atomic E-state index is 12.3. The van der Waals surface area contributed by atoms with Crippen LogP contribution in [0.25, 0.3) is 0 Å². The molecule has 0 bridgehead atoms. The molecule has 21 heavy (non-hydrogen) atoms. The molecule has 1 aromatic rings. The van der Waals surface area contributed by atoms with E-state index in [1.165, 1.54) is 0 Å². The van der Waals surface area contributed by atoms with Crippen molar-refractivity contribution in [2.24, 2.45) is 5.73 Å². The highest BCUT2D eigenvalue weighted by Crippen LogP contribution is 2.25. The number of rotatable bonds is 6. The molecule has 1 aliphatic heterocycles. The number of nitrogens with two attached hydrogens (primary N) is 1. The highest BCUT2D eigenvalue weighted by molar-refractivity contribution is 5.85. The van der Waals surface area contributed by atoms with Crippen molar-refractivity contribution < 1.29 is 9.53 Å². The van der Waals surface area contributed by atoms with Crippen molar-refractivity contribution in [2.75, 3.05) is 31.6 Å². The van der Waals surface area contributed by atoms with Crippen LogP contribution >= 0.6 is 0 Å². The zero-order valence-corrected chi connectivity index (χ0v) is 12.7. The van der Waals surface area contributed by atoms with E-state index in [0.29, 0.717) is 6.54 Å². The van der Waals surface area contributed by atoms with Gasteiger partial charge in [0.25, 0.3) is 0 Å². The molecule has 1 aromatic carbocycles. The van der Waals surface area contributed by atoms with E-state index in [2.05, 4.69) is 10.2 Å². The largest absolute Gasteiger partial charge is 0.497 e. The molecule has 2 rings (SSSR count). The third-order valence-corrected chi connectivity index (χ3v) is 3.87. The topological polar surface area (TPSA) is 67.6 Å². The lowest BCUT2D eigenvalue weighted by molar-refractivity contribution is -0.122. The predicted molar refractivity (Wildman–Crippen MR) is 84.7 cm³/mol. The normalized spacial score (nSPS) is 18.8. The fourth-order valence-electron chi connectivity index (χ4n) is 2.74. The molecule has 3 N–H and O–H groups in total. The Morgan fingerprint density at radius 3 is 3.05 bits per heavy atom. The summed E-state index contributed by atoms with van der Waals surface area (Å²) in [4.78, 5) is 14.5. The van der Waals surface area contributed by atoms with Gasteiger partial charge in [0.15, 0.2) is 0 Å². The zero-order chi connectivity index (χ0) is 15.1. The molecular weight excluding hydrogens is 266 g/mol. The second-order valence-corrected chi connectivity index (χ2v) is 5.34. The number of anilines is 1. The lowest BCUT2D eigenvalue weighted by atomic mass is 10.1. The molecule has 1 fully saturated rings. The third-order valence-electron chi connectivity index (χ3n) is 3.87. The number of nitrogens with zero attached hydrogens (tertiary/aromatic N) is 1. The summed E-state index contributed by atoms with van der Waals surface area (Å²) in [7, 11) is 1.65. The second kappa shape index (κ2) is 7.88. The number of methoxy groups -OCH3 is 1. The van der Waals surface area contributed by atoms with Crippen LogP contribution in [0.4, 0.5) is 5.69 Å². The first kappa shape index (κ1) is 15.6. The molecule has 0 radical (unpaired) electrons. The van der Waals surface area contributed by atoms with E-state index in [4.69, 9.17) is 10.5 Å². The SMILES string of the molecule is COc1cccc(N(CCCN)C2CCCCNC2=O)c1. The van der Waals surface area contributed by atoms with E-state index < -0.39 is 0 Å². The lowest BCUT2D eigenvalue weighted by Crippen LogP contribution is -2.46. The average molecular weight is 291 g/mol.